The molecule has 0 saturated carbocycles. The molecule has 1 atom stereocenters. The molecule has 2 amide bonds. The number of carbonyl (C=O) groups is 2. The maximum absolute atomic E-state index is 11.9. The van der Waals surface area contributed by atoms with Crippen LogP contribution in [0.1, 0.15) is 27.6 Å². The highest BCUT2D eigenvalue weighted by Gasteiger charge is 2.38. The lowest BCUT2D eigenvalue weighted by Gasteiger charge is -2.21. The van der Waals surface area contributed by atoms with Gasteiger partial charge in [-0.05, 0) is 19.1 Å². The van der Waals surface area contributed by atoms with Crippen LogP contribution in [-0.4, -0.2) is 34.3 Å². The summed E-state index contributed by atoms with van der Waals surface area (Å²) in [5.74, 6) is 1.01. The summed E-state index contributed by atoms with van der Waals surface area (Å²) in [6.07, 6.45) is 5.15. The van der Waals surface area contributed by atoms with Crippen LogP contribution in [0.15, 0.2) is 24.3 Å². The van der Waals surface area contributed by atoms with Gasteiger partial charge in [0.1, 0.15) is 6.61 Å². The van der Waals surface area contributed by atoms with Crippen molar-refractivity contribution in [1.82, 2.24) is 5.06 Å². The number of fused-ring (bicyclic) bond motifs is 1. The fourth-order valence-corrected chi connectivity index (χ4v) is 1.57. The average molecular weight is 261 g/mol. The largest absolute Gasteiger partial charge is 0.285 e. The Bertz CT molecular complexity index is 542. The summed E-state index contributed by atoms with van der Waals surface area (Å²) in [5.41, 5.74) is -0.908. The van der Waals surface area contributed by atoms with Crippen molar-refractivity contribution < 1.29 is 24.6 Å². The molecule has 1 aliphatic heterocycles. The summed E-state index contributed by atoms with van der Waals surface area (Å²) in [6, 6.07) is 6.36. The zero-order valence-corrected chi connectivity index (χ0v) is 10.1. The number of terminal acetylenes is 1. The van der Waals surface area contributed by atoms with Gasteiger partial charge in [-0.1, -0.05) is 18.1 Å². The van der Waals surface area contributed by atoms with Crippen molar-refractivity contribution in [3.05, 3.63) is 35.4 Å². The number of carbonyl (C=O) groups excluding carboxylic acids is 2. The lowest BCUT2D eigenvalue weighted by molar-refractivity contribution is -0.316. The van der Waals surface area contributed by atoms with Crippen molar-refractivity contribution in [1.29, 1.82) is 0 Å². The summed E-state index contributed by atoms with van der Waals surface area (Å²) in [4.78, 5) is 33.0. The van der Waals surface area contributed by atoms with Gasteiger partial charge in [-0.3, -0.25) is 19.7 Å². The minimum atomic E-state index is -1.44. The molecule has 0 bridgehead atoms. The van der Waals surface area contributed by atoms with E-state index in [9.17, 15) is 9.59 Å². The van der Waals surface area contributed by atoms with Crippen molar-refractivity contribution in [2.75, 3.05) is 6.61 Å². The van der Waals surface area contributed by atoms with Crippen LogP contribution in [0, 0.1) is 12.3 Å². The number of nitrogens with zero attached hydrogens (tertiary/aromatic N) is 1. The molecule has 0 aromatic heterocycles. The van der Waals surface area contributed by atoms with Crippen molar-refractivity contribution in [2.24, 2.45) is 0 Å². The molecule has 0 spiro atoms. The van der Waals surface area contributed by atoms with E-state index in [4.69, 9.17) is 16.5 Å². The van der Waals surface area contributed by atoms with E-state index >= 15 is 0 Å². The average Bonchev–Trinajstić information content (AvgIpc) is 2.69. The lowest BCUT2D eigenvalue weighted by Crippen LogP contribution is -2.39. The first-order valence-corrected chi connectivity index (χ1v) is 5.43. The van der Waals surface area contributed by atoms with Gasteiger partial charge in [0.05, 0.1) is 11.1 Å². The first-order valence-electron chi connectivity index (χ1n) is 5.43. The molecule has 1 aromatic carbocycles. The van der Waals surface area contributed by atoms with Gasteiger partial charge in [0, 0.05) is 0 Å². The van der Waals surface area contributed by atoms with Crippen LogP contribution in [0.5, 0.6) is 0 Å². The minimum absolute atomic E-state index is 0.264. The standard InChI is InChI=1S/C13H11NO5/c1-3-13(2,19-17)8-18-14-11(15)9-6-4-5-7-10(9)12(14)16/h1,4-7,17H,8H2,2H3. The van der Waals surface area contributed by atoms with Crippen molar-refractivity contribution >= 4 is 11.8 Å². The van der Waals surface area contributed by atoms with Gasteiger partial charge in [0.2, 0.25) is 0 Å². The van der Waals surface area contributed by atoms with Gasteiger partial charge in [0.25, 0.3) is 11.8 Å². The Balaban J connectivity index is 2.16. The molecule has 1 unspecified atom stereocenters. The summed E-state index contributed by atoms with van der Waals surface area (Å²) in [7, 11) is 0. The molecule has 1 N–H and O–H groups in total. The van der Waals surface area contributed by atoms with Gasteiger partial charge in [-0.25, -0.2) is 4.89 Å². The van der Waals surface area contributed by atoms with Gasteiger partial charge < -0.3 is 0 Å². The highest BCUT2D eigenvalue weighted by Crippen LogP contribution is 2.23. The van der Waals surface area contributed by atoms with E-state index in [1.54, 1.807) is 12.1 Å². The molecule has 6 nitrogen and oxygen atoms in total. The molecule has 98 valence electrons. The molecule has 1 heterocycles. The van der Waals surface area contributed by atoms with Crippen LogP contribution in [0.3, 0.4) is 0 Å². The Morgan fingerprint density at radius 1 is 1.32 bits per heavy atom. The maximum Gasteiger partial charge on any atom is 0.285 e. The summed E-state index contributed by atoms with van der Waals surface area (Å²) in [5, 5.41) is 9.26. The van der Waals surface area contributed by atoms with E-state index in [1.807, 2.05) is 0 Å². The zero-order chi connectivity index (χ0) is 14.0. The molecule has 19 heavy (non-hydrogen) atoms. The van der Waals surface area contributed by atoms with E-state index in [-0.39, 0.29) is 17.7 Å². The second-order valence-corrected chi connectivity index (χ2v) is 4.19. The molecule has 1 aromatic rings. The molecule has 6 heteroatoms. The topological polar surface area (TPSA) is 76.1 Å². The van der Waals surface area contributed by atoms with E-state index in [0.29, 0.717) is 5.06 Å². The first-order chi connectivity index (χ1) is 9.02. The number of hydroxylamine groups is 2. The Morgan fingerprint density at radius 2 is 1.84 bits per heavy atom. The molecule has 0 saturated heterocycles. The Kier molecular flexibility index (Phi) is 3.36. The number of rotatable bonds is 4. The Hall–Kier alpha value is -2.20. The van der Waals surface area contributed by atoms with Gasteiger partial charge >= 0.3 is 0 Å². The highest BCUT2D eigenvalue weighted by molar-refractivity contribution is 6.20. The molecular weight excluding hydrogens is 250 g/mol. The minimum Gasteiger partial charge on any atom is -0.266 e. The van der Waals surface area contributed by atoms with E-state index in [1.165, 1.54) is 19.1 Å². The maximum atomic E-state index is 11.9. The second kappa shape index (κ2) is 4.82. The quantitative estimate of drug-likeness (QED) is 0.380. The van der Waals surface area contributed by atoms with Gasteiger partial charge in [-0.15, -0.1) is 11.5 Å². The van der Waals surface area contributed by atoms with E-state index in [0.717, 1.165) is 0 Å². The monoisotopic (exact) mass is 261 g/mol. The van der Waals surface area contributed by atoms with Crippen LogP contribution in [0.4, 0.5) is 0 Å². The van der Waals surface area contributed by atoms with E-state index < -0.39 is 17.4 Å². The smallest absolute Gasteiger partial charge is 0.266 e. The van der Waals surface area contributed by atoms with Crippen LogP contribution < -0.4 is 0 Å². The Labute approximate surface area is 109 Å². The zero-order valence-electron chi connectivity index (χ0n) is 10.1. The number of hydrogen-bond acceptors (Lipinski definition) is 5. The molecule has 0 fully saturated rings. The predicted molar refractivity (Wildman–Crippen MR) is 63.8 cm³/mol. The number of amides is 2. The van der Waals surface area contributed by atoms with Crippen LogP contribution in [0.2, 0.25) is 0 Å². The first kappa shape index (κ1) is 13.2. The molecule has 0 radical (unpaired) electrons. The molecule has 2 rings (SSSR count). The SMILES string of the molecule is C#CC(C)(CON1C(=O)c2ccccc2C1=O)OO. The Morgan fingerprint density at radius 3 is 2.26 bits per heavy atom. The molecule has 0 aliphatic carbocycles. The third-order valence-corrected chi connectivity index (χ3v) is 2.73. The van der Waals surface area contributed by atoms with E-state index in [2.05, 4.69) is 10.8 Å². The number of imide groups is 1. The van der Waals surface area contributed by atoms with Gasteiger partial charge in [-0.2, -0.15) is 0 Å². The molecular formula is C13H11NO5. The van der Waals surface area contributed by atoms with Crippen molar-refractivity contribution in [2.45, 2.75) is 12.5 Å². The van der Waals surface area contributed by atoms with Crippen molar-refractivity contribution in [3.63, 3.8) is 0 Å². The molecule has 1 aliphatic rings. The van der Waals surface area contributed by atoms with Crippen LogP contribution in [-0.2, 0) is 9.73 Å². The fraction of sp³-hybridized carbons (Fsp3) is 0.231. The van der Waals surface area contributed by atoms with Gasteiger partial charge in [0.15, 0.2) is 5.60 Å². The predicted octanol–water partition coefficient (Wildman–Crippen LogP) is 1.10. The summed E-state index contributed by atoms with van der Waals surface area (Å²) >= 11 is 0. The third kappa shape index (κ3) is 2.22. The van der Waals surface area contributed by atoms with Crippen molar-refractivity contribution in [3.8, 4) is 12.3 Å². The normalized spacial score (nSPS) is 17.0. The fourth-order valence-electron chi connectivity index (χ4n) is 1.57. The number of hydrogen-bond donors (Lipinski definition) is 1. The highest BCUT2D eigenvalue weighted by atomic mass is 17.1. The third-order valence-electron chi connectivity index (χ3n) is 2.73. The lowest BCUT2D eigenvalue weighted by atomic mass is 10.1. The number of benzene rings is 1. The summed E-state index contributed by atoms with van der Waals surface area (Å²) < 4.78 is 0. The van der Waals surface area contributed by atoms with Crippen LogP contribution in [0.25, 0.3) is 0 Å². The van der Waals surface area contributed by atoms with Crippen LogP contribution >= 0.6 is 0 Å². The second-order valence-electron chi connectivity index (χ2n) is 4.19. The summed E-state index contributed by atoms with van der Waals surface area (Å²) in [6.45, 7) is 1.04.